The first-order valence-corrected chi connectivity index (χ1v) is 7.91. The fraction of sp³-hybridized carbons (Fsp3) is 0.786. The molecule has 1 aliphatic heterocycles. The molecule has 1 atom stereocenters. The number of nitrogens with zero attached hydrogens (tertiary/aromatic N) is 2. The predicted molar refractivity (Wildman–Crippen MR) is 78.4 cm³/mol. The van der Waals surface area contributed by atoms with Crippen LogP contribution in [0.1, 0.15) is 43.3 Å². The van der Waals surface area contributed by atoms with Crippen LogP contribution in [0.3, 0.4) is 0 Å². The highest BCUT2D eigenvalue weighted by atomic mass is 32.1. The van der Waals surface area contributed by atoms with Crippen LogP contribution >= 0.6 is 11.3 Å². The van der Waals surface area contributed by atoms with E-state index in [0.717, 1.165) is 13.0 Å². The summed E-state index contributed by atoms with van der Waals surface area (Å²) in [5, 5.41) is 6.80. The Balaban J connectivity index is 1.86. The molecule has 0 bridgehead atoms. The van der Waals surface area contributed by atoms with E-state index in [-0.39, 0.29) is 0 Å². The zero-order valence-corrected chi connectivity index (χ0v) is 12.6. The molecule has 18 heavy (non-hydrogen) atoms. The third-order valence-corrected chi connectivity index (χ3v) is 4.78. The van der Waals surface area contributed by atoms with Crippen molar-refractivity contribution in [3.8, 4) is 0 Å². The molecule has 1 unspecified atom stereocenters. The van der Waals surface area contributed by atoms with E-state index in [1.54, 1.807) is 0 Å². The molecule has 1 aromatic heterocycles. The number of rotatable bonds is 6. The lowest BCUT2D eigenvalue weighted by Crippen LogP contribution is -2.27. The fourth-order valence-corrected chi connectivity index (χ4v) is 3.51. The Hall–Kier alpha value is -0.450. The van der Waals surface area contributed by atoms with Gasteiger partial charge in [-0.1, -0.05) is 0 Å². The molecule has 0 aliphatic carbocycles. The quantitative estimate of drug-likeness (QED) is 0.803. The molecule has 1 fully saturated rings. The molecular weight excluding hydrogens is 242 g/mol. The normalized spacial score (nSPS) is 21.0. The Labute approximate surface area is 115 Å². The van der Waals surface area contributed by atoms with Crippen LogP contribution in [-0.4, -0.2) is 42.6 Å². The average molecular weight is 267 g/mol. The lowest BCUT2D eigenvalue weighted by Gasteiger charge is -2.19. The summed E-state index contributed by atoms with van der Waals surface area (Å²) < 4.78 is 0. The number of aromatic nitrogens is 1. The van der Waals surface area contributed by atoms with E-state index >= 15 is 0 Å². The summed E-state index contributed by atoms with van der Waals surface area (Å²) in [6, 6.07) is 0.671. The van der Waals surface area contributed by atoms with Gasteiger partial charge < -0.3 is 10.2 Å². The van der Waals surface area contributed by atoms with Crippen LogP contribution in [0, 0.1) is 0 Å². The van der Waals surface area contributed by atoms with Gasteiger partial charge in [0.05, 0.1) is 10.7 Å². The zero-order valence-electron chi connectivity index (χ0n) is 11.8. The van der Waals surface area contributed by atoms with Crippen molar-refractivity contribution in [2.24, 2.45) is 0 Å². The Morgan fingerprint density at radius 3 is 3.06 bits per heavy atom. The largest absolute Gasteiger partial charge is 0.320 e. The molecule has 4 heteroatoms. The van der Waals surface area contributed by atoms with Crippen molar-refractivity contribution in [1.82, 2.24) is 15.2 Å². The van der Waals surface area contributed by atoms with Crippen LogP contribution < -0.4 is 5.32 Å². The molecule has 0 radical (unpaired) electrons. The highest BCUT2D eigenvalue weighted by Crippen LogP contribution is 2.30. The van der Waals surface area contributed by atoms with Gasteiger partial charge in [0.25, 0.3) is 0 Å². The van der Waals surface area contributed by atoms with Crippen LogP contribution in [0.25, 0.3) is 0 Å². The van der Waals surface area contributed by atoms with E-state index in [4.69, 9.17) is 4.98 Å². The fourth-order valence-electron chi connectivity index (χ4n) is 2.53. The molecule has 3 nitrogen and oxygen atoms in total. The number of aryl methyl sites for hydroxylation is 1. The van der Waals surface area contributed by atoms with Gasteiger partial charge in [-0.3, -0.25) is 0 Å². The maximum Gasteiger partial charge on any atom is 0.0972 e. The van der Waals surface area contributed by atoms with Crippen LogP contribution in [0.4, 0.5) is 0 Å². The third-order valence-electron chi connectivity index (χ3n) is 3.73. The topological polar surface area (TPSA) is 28.2 Å². The molecule has 2 rings (SSSR count). The van der Waals surface area contributed by atoms with Crippen LogP contribution in [0.5, 0.6) is 0 Å². The molecule has 102 valence electrons. The number of nitrogens with one attached hydrogen (secondary N) is 1. The average Bonchev–Trinajstić information content (AvgIpc) is 2.97. The Bertz CT molecular complexity index is 362. The predicted octanol–water partition coefficient (Wildman–Crippen LogP) is 2.49. The van der Waals surface area contributed by atoms with Crippen molar-refractivity contribution in [3.63, 3.8) is 0 Å². The first-order chi connectivity index (χ1) is 8.70. The van der Waals surface area contributed by atoms with E-state index in [0.29, 0.717) is 12.0 Å². The van der Waals surface area contributed by atoms with Gasteiger partial charge in [-0.05, 0) is 53.2 Å². The van der Waals surface area contributed by atoms with E-state index in [2.05, 4.69) is 29.4 Å². The first kappa shape index (κ1) is 14.0. The monoisotopic (exact) mass is 267 g/mol. The summed E-state index contributed by atoms with van der Waals surface area (Å²) in [6.07, 6.45) is 3.57. The summed E-state index contributed by atoms with van der Waals surface area (Å²) in [5.74, 6) is 0.676. The first-order valence-electron chi connectivity index (χ1n) is 7.03. The molecule has 1 aromatic rings. The van der Waals surface area contributed by atoms with Gasteiger partial charge in [0.2, 0.25) is 0 Å². The van der Waals surface area contributed by atoms with Crippen molar-refractivity contribution in [1.29, 1.82) is 0 Å². The molecule has 0 saturated carbocycles. The molecule has 0 spiro atoms. The Morgan fingerprint density at radius 2 is 2.39 bits per heavy atom. The van der Waals surface area contributed by atoms with Crippen LogP contribution in [-0.2, 0) is 6.42 Å². The van der Waals surface area contributed by atoms with Crippen molar-refractivity contribution in [2.45, 2.75) is 45.1 Å². The van der Waals surface area contributed by atoms with Crippen molar-refractivity contribution < 1.29 is 0 Å². The van der Waals surface area contributed by atoms with Gasteiger partial charge in [0.15, 0.2) is 0 Å². The van der Waals surface area contributed by atoms with E-state index in [9.17, 15) is 0 Å². The zero-order chi connectivity index (χ0) is 13.0. The van der Waals surface area contributed by atoms with Gasteiger partial charge in [-0.25, -0.2) is 4.98 Å². The van der Waals surface area contributed by atoms with E-state index in [1.165, 1.54) is 36.6 Å². The summed E-state index contributed by atoms with van der Waals surface area (Å²) >= 11 is 1.86. The molecule has 1 N–H and O–H groups in total. The molecular formula is C14H25N3S. The summed E-state index contributed by atoms with van der Waals surface area (Å²) in [5.41, 5.74) is 1.29. The third kappa shape index (κ3) is 3.53. The highest BCUT2D eigenvalue weighted by Gasteiger charge is 2.27. The lowest BCUT2D eigenvalue weighted by molar-refractivity contribution is 0.272. The number of thiazole rings is 1. The second kappa shape index (κ2) is 6.64. The van der Waals surface area contributed by atoms with E-state index in [1.807, 2.05) is 18.4 Å². The maximum absolute atomic E-state index is 4.82. The Kier molecular flexibility index (Phi) is 5.15. The van der Waals surface area contributed by atoms with Crippen LogP contribution in [0.2, 0.25) is 0 Å². The SMILES string of the molecule is CNCCCc1csc(C2CCN(C(C)C)C2)n1. The van der Waals surface area contributed by atoms with Gasteiger partial charge >= 0.3 is 0 Å². The second-order valence-corrected chi connectivity index (χ2v) is 6.35. The van der Waals surface area contributed by atoms with Gasteiger partial charge in [0.1, 0.15) is 0 Å². The standard InChI is InChI=1S/C14H25N3S/c1-11(2)17-8-6-12(9-17)14-16-13(10-18-14)5-4-7-15-3/h10-12,15H,4-9H2,1-3H3. The smallest absolute Gasteiger partial charge is 0.0972 e. The van der Waals surface area contributed by atoms with Gasteiger partial charge in [-0.15, -0.1) is 11.3 Å². The summed E-state index contributed by atoms with van der Waals surface area (Å²) in [6.45, 7) is 8.08. The number of hydrogen-bond donors (Lipinski definition) is 1. The van der Waals surface area contributed by atoms with Gasteiger partial charge in [0, 0.05) is 23.9 Å². The number of hydrogen-bond acceptors (Lipinski definition) is 4. The minimum atomic E-state index is 0.671. The Morgan fingerprint density at radius 1 is 1.56 bits per heavy atom. The summed E-state index contributed by atoms with van der Waals surface area (Å²) in [7, 11) is 2.01. The van der Waals surface area contributed by atoms with Crippen LogP contribution in [0.15, 0.2) is 5.38 Å². The second-order valence-electron chi connectivity index (χ2n) is 5.46. The summed E-state index contributed by atoms with van der Waals surface area (Å²) in [4.78, 5) is 7.38. The molecule has 0 amide bonds. The molecule has 1 saturated heterocycles. The van der Waals surface area contributed by atoms with Crippen molar-refractivity contribution >= 4 is 11.3 Å². The minimum absolute atomic E-state index is 0.671. The molecule has 2 heterocycles. The number of likely N-dealkylation sites (tertiary alicyclic amines) is 1. The van der Waals surface area contributed by atoms with Gasteiger partial charge in [-0.2, -0.15) is 0 Å². The molecule has 0 aromatic carbocycles. The molecule has 1 aliphatic rings. The van der Waals surface area contributed by atoms with E-state index < -0.39 is 0 Å². The van der Waals surface area contributed by atoms with Crippen molar-refractivity contribution in [2.75, 3.05) is 26.7 Å². The van der Waals surface area contributed by atoms with Crippen molar-refractivity contribution in [3.05, 3.63) is 16.1 Å². The lowest BCUT2D eigenvalue weighted by atomic mass is 10.1. The minimum Gasteiger partial charge on any atom is -0.320 e. The highest BCUT2D eigenvalue weighted by molar-refractivity contribution is 7.09. The maximum atomic E-state index is 4.82.